The maximum Gasteiger partial charge on any atom is 0.119 e. The van der Waals surface area contributed by atoms with E-state index in [2.05, 4.69) is 5.32 Å². The van der Waals surface area contributed by atoms with Crippen LogP contribution >= 0.6 is 23.2 Å². The standard InChI is InChI=1S/C12H16Cl2N2O2/c13-9-2-1-8(5-10(9)14)11-12(17,6-15)7-16-3-4-18-11/h1-2,5,11,16-17H,3-4,6-7,15H2. The maximum atomic E-state index is 10.5. The number of hydrogen-bond acceptors (Lipinski definition) is 4. The van der Waals surface area contributed by atoms with Crippen LogP contribution in [0.2, 0.25) is 10.0 Å². The fraction of sp³-hybridized carbons (Fsp3) is 0.500. The van der Waals surface area contributed by atoms with Gasteiger partial charge in [0.1, 0.15) is 11.7 Å². The first-order valence-electron chi connectivity index (χ1n) is 5.76. The second kappa shape index (κ2) is 5.74. The Labute approximate surface area is 116 Å². The first-order chi connectivity index (χ1) is 8.57. The number of β-amino-alcohol motifs (C(OH)–C–C–N with tert-alkyl or cyclic N) is 1. The summed E-state index contributed by atoms with van der Waals surface area (Å²) in [6.45, 7) is 1.67. The summed E-state index contributed by atoms with van der Waals surface area (Å²) in [6, 6.07) is 5.20. The highest BCUT2D eigenvalue weighted by Gasteiger charge is 2.39. The van der Waals surface area contributed by atoms with Crippen molar-refractivity contribution in [2.75, 3.05) is 26.2 Å². The molecule has 1 fully saturated rings. The third-order valence-corrected chi connectivity index (χ3v) is 3.82. The van der Waals surface area contributed by atoms with E-state index < -0.39 is 11.7 Å². The Hall–Kier alpha value is -0.360. The predicted octanol–water partition coefficient (Wildman–Crippen LogP) is 1.34. The van der Waals surface area contributed by atoms with Gasteiger partial charge in [0, 0.05) is 19.6 Å². The summed E-state index contributed by atoms with van der Waals surface area (Å²) in [5.74, 6) is 0. The molecule has 0 aromatic heterocycles. The van der Waals surface area contributed by atoms with Gasteiger partial charge < -0.3 is 20.9 Å². The molecule has 6 heteroatoms. The molecule has 0 amide bonds. The molecule has 2 rings (SSSR count). The van der Waals surface area contributed by atoms with Crippen molar-refractivity contribution in [3.05, 3.63) is 33.8 Å². The molecule has 1 aromatic carbocycles. The quantitative estimate of drug-likeness (QED) is 0.769. The Morgan fingerprint density at radius 1 is 1.44 bits per heavy atom. The van der Waals surface area contributed by atoms with Crippen molar-refractivity contribution in [1.29, 1.82) is 0 Å². The summed E-state index contributed by atoms with van der Waals surface area (Å²) in [7, 11) is 0. The summed E-state index contributed by atoms with van der Waals surface area (Å²) in [4.78, 5) is 0. The number of halogens is 2. The molecular formula is C12H16Cl2N2O2. The molecule has 2 atom stereocenters. The molecule has 1 heterocycles. The first-order valence-corrected chi connectivity index (χ1v) is 6.52. The third kappa shape index (κ3) is 2.79. The van der Waals surface area contributed by atoms with E-state index in [0.29, 0.717) is 29.7 Å². The highest BCUT2D eigenvalue weighted by Crippen LogP contribution is 2.33. The molecule has 18 heavy (non-hydrogen) atoms. The van der Waals surface area contributed by atoms with E-state index in [1.165, 1.54) is 0 Å². The summed E-state index contributed by atoms with van der Waals surface area (Å²) in [5.41, 5.74) is 5.31. The molecule has 2 unspecified atom stereocenters. The van der Waals surface area contributed by atoms with Gasteiger partial charge in [-0.15, -0.1) is 0 Å². The minimum Gasteiger partial charge on any atom is -0.384 e. The average Bonchev–Trinajstić information content (AvgIpc) is 2.55. The molecule has 1 aliphatic rings. The molecule has 4 nitrogen and oxygen atoms in total. The largest absolute Gasteiger partial charge is 0.384 e. The fourth-order valence-electron chi connectivity index (χ4n) is 2.06. The van der Waals surface area contributed by atoms with E-state index in [1.807, 2.05) is 0 Å². The minimum atomic E-state index is -1.15. The van der Waals surface area contributed by atoms with Crippen molar-refractivity contribution >= 4 is 23.2 Å². The minimum absolute atomic E-state index is 0.102. The summed E-state index contributed by atoms with van der Waals surface area (Å²) >= 11 is 11.9. The van der Waals surface area contributed by atoms with Gasteiger partial charge >= 0.3 is 0 Å². The topological polar surface area (TPSA) is 67.5 Å². The van der Waals surface area contributed by atoms with Crippen LogP contribution in [0, 0.1) is 0 Å². The number of nitrogens with one attached hydrogen (secondary N) is 1. The van der Waals surface area contributed by atoms with E-state index >= 15 is 0 Å². The second-order valence-corrected chi connectivity index (χ2v) is 5.22. The highest BCUT2D eigenvalue weighted by atomic mass is 35.5. The molecule has 4 N–H and O–H groups in total. The zero-order chi connectivity index (χ0) is 13.2. The summed E-state index contributed by atoms with van der Waals surface area (Å²) < 4.78 is 5.70. The molecule has 1 saturated heterocycles. The zero-order valence-corrected chi connectivity index (χ0v) is 11.3. The lowest BCUT2D eigenvalue weighted by molar-refractivity contribution is -0.0890. The van der Waals surface area contributed by atoms with E-state index in [9.17, 15) is 5.11 Å². The van der Waals surface area contributed by atoms with Crippen molar-refractivity contribution in [3.8, 4) is 0 Å². The van der Waals surface area contributed by atoms with Crippen LogP contribution in [0.1, 0.15) is 11.7 Å². The van der Waals surface area contributed by atoms with Crippen molar-refractivity contribution in [2.45, 2.75) is 11.7 Å². The molecule has 0 radical (unpaired) electrons. The van der Waals surface area contributed by atoms with E-state index in [1.54, 1.807) is 18.2 Å². The molecule has 100 valence electrons. The Kier molecular flexibility index (Phi) is 4.48. The lowest BCUT2D eigenvalue weighted by Gasteiger charge is -2.33. The van der Waals surface area contributed by atoms with Crippen molar-refractivity contribution in [2.24, 2.45) is 5.73 Å². The predicted molar refractivity (Wildman–Crippen MR) is 72.0 cm³/mol. The van der Waals surface area contributed by atoms with Crippen molar-refractivity contribution < 1.29 is 9.84 Å². The normalized spacial score (nSPS) is 29.0. The first kappa shape index (κ1) is 14.1. The summed E-state index contributed by atoms with van der Waals surface area (Å²) in [5, 5.41) is 14.6. The van der Waals surface area contributed by atoms with Crippen LogP contribution in [0.5, 0.6) is 0 Å². The van der Waals surface area contributed by atoms with Crippen LogP contribution in [0.25, 0.3) is 0 Å². The lowest BCUT2D eigenvalue weighted by Crippen LogP contribution is -2.50. The van der Waals surface area contributed by atoms with Gasteiger partial charge in [0.15, 0.2) is 0 Å². The van der Waals surface area contributed by atoms with E-state index in [0.717, 1.165) is 5.56 Å². The number of benzene rings is 1. The van der Waals surface area contributed by atoms with E-state index in [4.69, 9.17) is 33.7 Å². The number of rotatable bonds is 2. The maximum absolute atomic E-state index is 10.5. The van der Waals surface area contributed by atoms with Crippen LogP contribution in [0.4, 0.5) is 0 Å². The Morgan fingerprint density at radius 2 is 2.22 bits per heavy atom. The van der Waals surface area contributed by atoms with Crippen molar-refractivity contribution in [1.82, 2.24) is 5.32 Å². The van der Waals surface area contributed by atoms with Crippen LogP contribution in [-0.2, 0) is 4.74 Å². The zero-order valence-electron chi connectivity index (χ0n) is 9.83. The van der Waals surface area contributed by atoms with Gasteiger partial charge in [-0.2, -0.15) is 0 Å². The molecule has 0 spiro atoms. The van der Waals surface area contributed by atoms with Gasteiger partial charge in [-0.1, -0.05) is 29.3 Å². The summed E-state index contributed by atoms with van der Waals surface area (Å²) in [6.07, 6.45) is -0.507. The molecule has 1 aromatic rings. The van der Waals surface area contributed by atoms with Gasteiger partial charge in [-0.3, -0.25) is 0 Å². The number of hydrogen-bond donors (Lipinski definition) is 3. The monoisotopic (exact) mass is 290 g/mol. The molecular weight excluding hydrogens is 275 g/mol. The smallest absolute Gasteiger partial charge is 0.119 e. The van der Waals surface area contributed by atoms with Crippen molar-refractivity contribution in [3.63, 3.8) is 0 Å². The second-order valence-electron chi connectivity index (χ2n) is 4.41. The Balaban J connectivity index is 2.35. The lowest BCUT2D eigenvalue weighted by atomic mass is 9.91. The molecule has 0 aliphatic carbocycles. The molecule has 1 aliphatic heterocycles. The van der Waals surface area contributed by atoms with Gasteiger partial charge in [0.2, 0.25) is 0 Å². The number of ether oxygens (including phenoxy) is 1. The third-order valence-electron chi connectivity index (χ3n) is 3.08. The Morgan fingerprint density at radius 3 is 2.89 bits per heavy atom. The number of nitrogens with two attached hydrogens (primary N) is 1. The fourth-order valence-corrected chi connectivity index (χ4v) is 2.37. The SMILES string of the molecule is NCC1(O)CNCCOC1c1ccc(Cl)c(Cl)c1. The van der Waals surface area contributed by atoms with Crippen LogP contribution in [0.3, 0.4) is 0 Å². The average molecular weight is 291 g/mol. The van der Waals surface area contributed by atoms with E-state index in [-0.39, 0.29) is 6.54 Å². The Bertz CT molecular complexity index is 431. The van der Waals surface area contributed by atoms with Gasteiger partial charge in [-0.05, 0) is 17.7 Å². The van der Waals surface area contributed by atoms with Gasteiger partial charge in [-0.25, -0.2) is 0 Å². The van der Waals surface area contributed by atoms with Gasteiger partial charge in [0.25, 0.3) is 0 Å². The number of aliphatic hydroxyl groups is 1. The van der Waals surface area contributed by atoms with Crippen LogP contribution < -0.4 is 11.1 Å². The molecule has 0 bridgehead atoms. The van der Waals surface area contributed by atoms with Gasteiger partial charge in [0.05, 0.1) is 16.7 Å². The van der Waals surface area contributed by atoms with Crippen LogP contribution in [-0.4, -0.2) is 36.9 Å². The molecule has 0 saturated carbocycles. The highest BCUT2D eigenvalue weighted by molar-refractivity contribution is 6.42. The van der Waals surface area contributed by atoms with Crippen LogP contribution in [0.15, 0.2) is 18.2 Å².